The van der Waals surface area contributed by atoms with Gasteiger partial charge < -0.3 is 19.5 Å². The molecule has 0 radical (unpaired) electrons. The Hall–Kier alpha value is -3.61. The van der Waals surface area contributed by atoms with Crippen LogP contribution in [0.3, 0.4) is 0 Å². The van der Waals surface area contributed by atoms with Crippen LogP contribution in [0.2, 0.25) is 0 Å². The van der Waals surface area contributed by atoms with E-state index in [1.54, 1.807) is 48.7 Å². The molecule has 6 nitrogen and oxygen atoms in total. The summed E-state index contributed by atoms with van der Waals surface area (Å²) in [4.78, 5) is 16.6. The number of halogens is 1. The van der Waals surface area contributed by atoms with Gasteiger partial charge in [-0.15, -0.1) is 0 Å². The van der Waals surface area contributed by atoms with Crippen LogP contribution in [0.1, 0.15) is 15.9 Å². The number of aromatic nitrogens is 1. The van der Waals surface area contributed by atoms with Gasteiger partial charge in [0.2, 0.25) is 5.88 Å². The molecule has 1 N–H and O–H groups in total. The van der Waals surface area contributed by atoms with Crippen molar-refractivity contribution in [1.29, 1.82) is 0 Å². The van der Waals surface area contributed by atoms with Crippen molar-refractivity contribution in [2.45, 2.75) is 6.54 Å². The summed E-state index contributed by atoms with van der Waals surface area (Å²) in [6.07, 6.45) is 1.54. The van der Waals surface area contributed by atoms with Gasteiger partial charge >= 0.3 is 0 Å². The van der Waals surface area contributed by atoms with Crippen LogP contribution in [-0.4, -0.2) is 24.1 Å². The second-order valence-corrected chi connectivity index (χ2v) is 6.04. The smallest absolute Gasteiger partial charge is 0.251 e. The molecule has 1 aromatic heterocycles. The Balaban J connectivity index is 1.46. The van der Waals surface area contributed by atoms with E-state index in [2.05, 4.69) is 10.3 Å². The van der Waals surface area contributed by atoms with Crippen molar-refractivity contribution >= 4 is 5.91 Å². The first-order valence-corrected chi connectivity index (χ1v) is 8.75. The van der Waals surface area contributed by atoms with Crippen molar-refractivity contribution in [3.05, 3.63) is 77.7 Å². The van der Waals surface area contributed by atoms with Crippen LogP contribution < -0.4 is 19.5 Å². The molecule has 2 heterocycles. The van der Waals surface area contributed by atoms with E-state index < -0.39 is 5.82 Å². The molecule has 0 atom stereocenters. The van der Waals surface area contributed by atoms with Gasteiger partial charge in [0.15, 0.2) is 23.1 Å². The van der Waals surface area contributed by atoms with E-state index in [-0.39, 0.29) is 24.1 Å². The highest BCUT2D eigenvalue weighted by molar-refractivity contribution is 5.94. The number of hydrogen-bond acceptors (Lipinski definition) is 5. The van der Waals surface area contributed by atoms with Gasteiger partial charge in [-0.2, -0.15) is 0 Å². The third kappa shape index (κ3) is 3.88. The maximum absolute atomic E-state index is 13.8. The summed E-state index contributed by atoms with van der Waals surface area (Å²) in [5.41, 5.74) is 1.07. The highest BCUT2D eigenvalue weighted by atomic mass is 19.1. The SMILES string of the molecule is O=C(NCc1cccnc1Oc1ccccc1F)c1ccc2c(c1)OCCO2. The minimum Gasteiger partial charge on any atom is -0.486 e. The van der Waals surface area contributed by atoms with E-state index in [4.69, 9.17) is 14.2 Å². The van der Waals surface area contributed by atoms with Crippen molar-refractivity contribution in [1.82, 2.24) is 10.3 Å². The molecule has 0 saturated carbocycles. The fourth-order valence-corrected chi connectivity index (χ4v) is 2.74. The number of carbonyl (C=O) groups excluding carboxylic acids is 1. The van der Waals surface area contributed by atoms with Gasteiger partial charge in [-0.25, -0.2) is 9.37 Å². The molecule has 1 aliphatic heterocycles. The lowest BCUT2D eigenvalue weighted by Gasteiger charge is -2.18. The van der Waals surface area contributed by atoms with Gasteiger partial charge in [0.1, 0.15) is 13.2 Å². The topological polar surface area (TPSA) is 69.7 Å². The molecular weight excluding hydrogens is 363 g/mol. The van der Waals surface area contributed by atoms with Gasteiger partial charge in [-0.3, -0.25) is 4.79 Å². The molecule has 4 rings (SSSR count). The number of nitrogens with one attached hydrogen (secondary N) is 1. The first-order chi connectivity index (χ1) is 13.7. The minimum absolute atomic E-state index is 0.0700. The number of pyridine rings is 1. The lowest BCUT2D eigenvalue weighted by molar-refractivity contribution is 0.0949. The van der Waals surface area contributed by atoms with Gasteiger partial charge in [-0.1, -0.05) is 18.2 Å². The largest absolute Gasteiger partial charge is 0.486 e. The second-order valence-electron chi connectivity index (χ2n) is 6.04. The summed E-state index contributed by atoms with van der Waals surface area (Å²) in [6, 6.07) is 14.6. The molecule has 0 saturated heterocycles. The molecule has 7 heteroatoms. The Morgan fingerprint density at radius 3 is 2.75 bits per heavy atom. The predicted molar refractivity (Wildman–Crippen MR) is 99.3 cm³/mol. The fourth-order valence-electron chi connectivity index (χ4n) is 2.74. The number of ether oxygens (including phenoxy) is 3. The summed E-state index contributed by atoms with van der Waals surface area (Å²) < 4.78 is 30.4. The number of fused-ring (bicyclic) bond motifs is 1. The normalized spacial score (nSPS) is 12.3. The number of hydrogen-bond donors (Lipinski definition) is 1. The molecule has 0 bridgehead atoms. The maximum Gasteiger partial charge on any atom is 0.251 e. The minimum atomic E-state index is -0.487. The first kappa shape index (κ1) is 17.8. The number of nitrogens with zero attached hydrogens (tertiary/aromatic N) is 1. The molecule has 3 aromatic rings. The van der Waals surface area contributed by atoms with Crippen molar-refractivity contribution in [2.24, 2.45) is 0 Å². The molecule has 0 fully saturated rings. The molecule has 0 spiro atoms. The van der Waals surface area contributed by atoms with Crippen molar-refractivity contribution in [2.75, 3.05) is 13.2 Å². The molecule has 2 aromatic carbocycles. The summed E-state index contributed by atoms with van der Waals surface area (Å²) in [6.45, 7) is 1.11. The van der Waals surface area contributed by atoms with Crippen molar-refractivity contribution in [3.63, 3.8) is 0 Å². The van der Waals surface area contributed by atoms with E-state index >= 15 is 0 Å². The fraction of sp³-hybridized carbons (Fsp3) is 0.143. The van der Waals surface area contributed by atoms with Crippen molar-refractivity contribution < 1.29 is 23.4 Å². The van der Waals surface area contributed by atoms with Crippen LogP contribution in [-0.2, 0) is 6.54 Å². The van der Waals surface area contributed by atoms with E-state index in [0.717, 1.165) is 0 Å². The summed E-state index contributed by atoms with van der Waals surface area (Å²) in [7, 11) is 0. The summed E-state index contributed by atoms with van der Waals surface area (Å²) in [5.74, 6) is 0.701. The zero-order valence-corrected chi connectivity index (χ0v) is 14.9. The first-order valence-electron chi connectivity index (χ1n) is 8.75. The van der Waals surface area contributed by atoms with E-state index in [0.29, 0.717) is 35.8 Å². The van der Waals surface area contributed by atoms with Crippen LogP contribution in [0.4, 0.5) is 4.39 Å². The standard InChI is InChI=1S/C21H17FN2O4/c22-16-5-1-2-6-17(16)28-21-15(4-3-9-23-21)13-24-20(25)14-7-8-18-19(12-14)27-11-10-26-18/h1-9,12H,10-11,13H2,(H,24,25). The van der Waals surface area contributed by atoms with Crippen LogP contribution in [0.25, 0.3) is 0 Å². The van der Waals surface area contributed by atoms with Crippen LogP contribution >= 0.6 is 0 Å². The Kier molecular flexibility index (Phi) is 5.05. The Labute approximate surface area is 160 Å². The number of para-hydroxylation sites is 1. The Bertz CT molecular complexity index is 1010. The third-order valence-corrected chi connectivity index (χ3v) is 4.14. The highest BCUT2D eigenvalue weighted by Crippen LogP contribution is 2.31. The Morgan fingerprint density at radius 2 is 1.89 bits per heavy atom. The quantitative estimate of drug-likeness (QED) is 0.731. The van der Waals surface area contributed by atoms with Gasteiger partial charge in [0.25, 0.3) is 5.91 Å². The molecule has 1 amide bonds. The van der Waals surface area contributed by atoms with Gasteiger partial charge in [0.05, 0.1) is 0 Å². The zero-order valence-electron chi connectivity index (χ0n) is 14.9. The Morgan fingerprint density at radius 1 is 1.07 bits per heavy atom. The lowest BCUT2D eigenvalue weighted by atomic mass is 10.1. The van der Waals surface area contributed by atoms with Crippen LogP contribution in [0.5, 0.6) is 23.1 Å². The molecule has 1 aliphatic rings. The van der Waals surface area contributed by atoms with Crippen LogP contribution in [0.15, 0.2) is 60.8 Å². The monoisotopic (exact) mass is 380 g/mol. The average Bonchev–Trinajstić information content (AvgIpc) is 2.74. The molecule has 28 heavy (non-hydrogen) atoms. The number of carbonyl (C=O) groups is 1. The molecule has 0 unspecified atom stereocenters. The third-order valence-electron chi connectivity index (χ3n) is 4.14. The van der Waals surface area contributed by atoms with Gasteiger partial charge in [0, 0.05) is 23.9 Å². The van der Waals surface area contributed by atoms with Gasteiger partial charge in [-0.05, 0) is 36.4 Å². The summed E-state index contributed by atoms with van der Waals surface area (Å²) in [5, 5.41) is 2.81. The number of amides is 1. The molecular formula is C21H17FN2O4. The van der Waals surface area contributed by atoms with E-state index in [9.17, 15) is 9.18 Å². The molecule has 142 valence electrons. The number of benzene rings is 2. The second kappa shape index (κ2) is 7.96. The highest BCUT2D eigenvalue weighted by Gasteiger charge is 2.16. The average molecular weight is 380 g/mol. The van der Waals surface area contributed by atoms with E-state index in [1.165, 1.54) is 12.1 Å². The van der Waals surface area contributed by atoms with Crippen molar-refractivity contribution in [3.8, 4) is 23.1 Å². The van der Waals surface area contributed by atoms with E-state index in [1.807, 2.05) is 0 Å². The predicted octanol–water partition coefficient (Wildman–Crippen LogP) is 3.71. The maximum atomic E-state index is 13.8. The summed E-state index contributed by atoms with van der Waals surface area (Å²) >= 11 is 0. The molecule has 0 aliphatic carbocycles. The number of rotatable bonds is 5. The van der Waals surface area contributed by atoms with Crippen LogP contribution in [0, 0.1) is 5.82 Å². The zero-order chi connectivity index (χ0) is 19.3. The lowest BCUT2D eigenvalue weighted by Crippen LogP contribution is -2.23.